The van der Waals surface area contributed by atoms with E-state index in [1.54, 1.807) is 0 Å². The zero-order chi connectivity index (χ0) is 12.8. The maximum absolute atomic E-state index is 3.83. The van der Waals surface area contributed by atoms with Crippen molar-refractivity contribution < 1.29 is 0 Å². The van der Waals surface area contributed by atoms with Crippen LogP contribution in [0.1, 0.15) is 58.8 Å². The Morgan fingerprint density at radius 3 is 2.39 bits per heavy atom. The minimum atomic E-state index is 0.765. The van der Waals surface area contributed by atoms with Crippen molar-refractivity contribution in [1.82, 2.24) is 10.2 Å². The summed E-state index contributed by atoms with van der Waals surface area (Å²) >= 11 is 0. The van der Waals surface area contributed by atoms with Gasteiger partial charge in [-0.1, -0.05) is 26.7 Å². The molecular formula is C16H32N2. The van der Waals surface area contributed by atoms with Crippen LogP contribution in [0.2, 0.25) is 0 Å². The van der Waals surface area contributed by atoms with E-state index in [1.165, 1.54) is 71.1 Å². The van der Waals surface area contributed by atoms with Gasteiger partial charge in [-0.15, -0.1) is 0 Å². The second kappa shape index (κ2) is 7.49. The second-order valence-corrected chi connectivity index (χ2v) is 6.59. The topological polar surface area (TPSA) is 15.3 Å². The number of nitrogens with one attached hydrogen (secondary N) is 1. The number of piperidine rings is 1. The van der Waals surface area contributed by atoms with E-state index in [1.807, 2.05) is 0 Å². The Kier molecular flexibility index (Phi) is 5.97. The lowest BCUT2D eigenvalue weighted by molar-refractivity contribution is 0.157. The third kappa shape index (κ3) is 4.24. The third-order valence-electron chi connectivity index (χ3n) is 4.96. The Labute approximate surface area is 114 Å². The molecule has 2 nitrogen and oxygen atoms in total. The van der Waals surface area contributed by atoms with Gasteiger partial charge in [0.15, 0.2) is 0 Å². The van der Waals surface area contributed by atoms with E-state index in [0.29, 0.717) is 0 Å². The maximum Gasteiger partial charge on any atom is 0.0223 e. The number of hydrogen-bond acceptors (Lipinski definition) is 2. The molecule has 1 aliphatic carbocycles. The van der Waals surface area contributed by atoms with Gasteiger partial charge in [-0.05, 0) is 63.6 Å². The highest BCUT2D eigenvalue weighted by atomic mass is 15.2. The zero-order valence-electron chi connectivity index (χ0n) is 12.5. The van der Waals surface area contributed by atoms with Crippen LogP contribution in [-0.4, -0.2) is 37.1 Å². The summed E-state index contributed by atoms with van der Waals surface area (Å²) in [5.41, 5.74) is 0. The van der Waals surface area contributed by atoms with Gasteiger partial charge in [0.05, 0.1) is 0 Å². The molecule has 0 amide bonds. The molecule has 0 aromatic heterocycles. The van der Waals surface area contributed by atoms with Crippen molar-refractivity contribution >= 4 is 0 Å². The summed E-state index contributed by atoms with van der Waals surface area (Å²) in [6.45, 7) is 9.85. The molecule has 1 N–H and O–H groups in total. The third-order valence-corrected chi connectivity index (χ3v) is 4.96. The van der Waals surface area contributed by atoms with Crippen molar-refractivity contribution in [2.75, 3.05) is 26.2 Å². The fourth-order valence-corrected chi connectivity index (χ4v) is 3.59. The first-order chi connectivity index (χ1) is 8.79. The molecule has 0 bridgehead atoms. The minimum Gasteiger partial charge on any atom is -0.312 e. The van der Waals surface area contributed by atoms with Gasteiger partial charge in [0.2, 0.25) is 0 Å². The summed E-state index contributed by atoms with van der Waals surface area (Å²) in [4.78, 5) is 2.71. The Morgan fingerprint density at radius 2 is 1.78 bits per heavy atom. The molecule has 2 fully saturated rings. The molecule has 0 aromatic carbocycles. The average Bonchev–Trinajstić information content (AvgIpc) is 2.90. The summed E-state index contributed by atoms with van der Waals surface area (Å²) in [6, 6.07) is 0.765. The predicted octanol–water partition coefficient (Wildman–Crippen LogP) is 3.28. The normalized spacial score (nSPS) is 25.7. The predicted molar refractivity (Wildman–Crippen MR) is 78.9 cm³/mol. The van der Waals surface area contributed by atoms with Crippen LogP contribution in [0.4, 0.5) is 0 Å². The number of rotatable bonds is 6. The molecule has 1 heterocycles. The van der Waals surface area contributed by atoms with E-state index in [-0.39, 0.29) is 0 Å². The summed E-state index contributed by atoms with van der Waals surface area (Å²) < 4.78 is 0. The zero-order valence-corrected chi connectivity index (χ0v) is 12.5. The summed E-state index contributed by atoms with van der Waals surface area (Å²) in [5, 5.41) is 3.83. The molecule has 2 heteroatoms. The second-order valence-electron chi connectivity index (χ2n) is 6.59. The minimum absolute atomic E-state index is 0.765. The lowest BCUT2D eigenvalue weighted by Gasteiger charge is -2.35. The lowest BCUT2D eigenvalue weighted by atomic mass is 9.94. The van der Waals surface area contributed by atoms with Crippen molar-refractivity contribution in [2.24, 2.45) is 11.8 Å². The first-order valence-corrected chi connectivity index (χ1v) is 8.25. The fraction of sp³-hybridized carbons (Fsp3) is 1.00. The van der Waals surface area contributed by atoms with Crippen molar-refractivity contribution in [1.29, 1.82) is 0 Å². The fourth-order valence-electron chi connectivity index (χ4n) is 3.59. The van der Waals surface area contributed by atoms with E-state index in [4.69, 9.17) is 0 Å². The molecule has 1 saturated carbocycles. The Bertz CT molecular complexity index is 215. The molecule has 2 rings (SSSR count). The average molecular weight is 252 g/mol. The standard InChI is InChI=1S/C16H32N2/c1-3-10-17-16(15-6-4-5-7-15)13-18-11-8-14(2)9-12-18/h14-17H,3-13H2,1-2H3. The molecule has 1 saturated heterocycles. The van der Waals surface area contributed by atoms with E-state index in [0.717, 1.165) is 17.9 Å². The van der Waals surface area contributed by atoms with E-state index in [2.05, 4.69) is 24.1 Å². The highest BCUT2D eigenvalue weighted by molar-refractivity contribution is 4.84. The number of nitrogens with zero attached hydrogens (tertiary/aromatic N) is 1. The first kappa shape index (κ1) is 14.3. The van der Waals surface area contributed by atoms with Gasteiger partial charge in [-0.2, -0.15) is 0 Å². The number of hydrogen-bond donors (Lipinski definition) is 1. The smallest absolute Gasteiger partial charge is 0.0223 e. The van der Waals surface area contributed by atoms with Gasteiger partial charge in [0.25, 0.3) is 0 Å². The van der Waals surface area contributed by atoms with Crippen molar-refractivity contribution in [3.05, 3.63) is 0 Å². The Balaban J connectivity index is 1.79. The van der Waals surface area contributed by atoms with Crippen LogP contribution in [0, 0.1) is 11.8 Å². The molecular weight excluding hydrogens is 220 g/mol. The summed E-state index contributed by atoms with van der Waals surface area (Å²) in [5.74, 6) is 1.91. The van der Waals surface area contributed by atoms with Gasteiger partial charge >= 0.3 is 0 Å². The summed E-state index contributed by atoms with van der Waals surface area (Å²) in [7, 11) is 0. The van der Waals surface area contributed by atoms with Gasteiger partial charge in [-0.25, -0.2) is 0 Å². The Hall–Kier alpha value is -0.0800. The highest BCUT2D eigenvalue weighted by Crippen LogP contribution is 2.28. The molecule has 18 heavy (non-hydrogen) atoms. The van der Waals surface area contributed by atoms with Gasteiger partial charge in [-0.3, -0.25) is 0 Å². The molecule has 0 aromatic rings. The highest BCUT2D eigenvalue weighted by Gasteiger charge is 2.27. The molecule has 0 spiro atoms. The van der Waals surface area contributed by atoms with E-state index in [9.17, 15) is 0 Å². The van der Waals surface area contributed by atoms with Crippen LogP contribution < -0.4 is 5.32 Å². The van der Waals surface area contributed by atoms with Gasteiger partial charge in [0, 0.05) is 12.6 Å². The molecule has 2 aliphatic rings. The molecule has 1 atom stereocenters. The first-order valence-electron chi connectivity index (χ1n) is 8.25. The van der Waals surface area contributed by atoms with Crippen molar-refractivity contribution in [2.45, 2.75) is 64.8 Å². The van der Waals surface area contributed by atoms with E-state index < -0.39 is 0 Å². The van der Waals surface area contributed by atoms with Crippen LogP contribution in [0.25, 0.3) is 0 Å². The Morgan fingerprint density at radius 1 is 1.11 bits per heavy atom. The van der Waals surface area contributed by atoms with Gasteiger partial charge in [0.1, 0.15) is 0 Å². The number of likely N-dealkylation sites (tertiary alicyclic amines) is 1. The SMILES string of the molecule is CCCNC(CN1CCC(C)CC1)C1CCCC1. The molecule has 0 radical (unpaired) electrons. The lowest BCUT2D eigenvalue weighted by Crippen LogP contribution is -2.47. The van der Waals surface area contributed by atoms with Crippen LogP contribution in [0.3, 0.4) is 0 Å². The molecule has 1 unspecified atom stereocenters. The van der Waals surface area contributed by atoms with Crippen LogP contribution in [0.5, 0.6) is 0 Å². The van der Waals surface area contributed by atoms with Crippen molar-refractivity contribution in [3.63, 3.8) is 0 Å². The monoisotopic (exact) mass is 252 g/mol. The van der Waals surface area contributed by atoms with Crippen molar-refractivity contribution in [3.8, 4) is 0 Å². The largest absolute Gasteiger partial charge is 0.312 e. The van der Waals surface area contributed by atoms with Crippen LogP contribution in [0.15, 0.2) is 0 Å². The van der Waals surface area contributed by atoms with E-state index >= 15 is 0 Å². The quantitative estimate of drug-likeness (QED) is 0.780. The molecule has 1 aliphatic heterocycles. The maximum atomic E-state index is 3.83. The summed E-state index contributed by atoms with van der Waals surface area (Å²) in [6.07, 6.45) is 9.94. The van der Waals surface area contributed by atoms with Crippen LogP contribution >= 0.6 is 0 Å². The molecule has 106 valence electrons. The van der Waals surface area contributed by atoms with Gasteiger partial charge < -0.3 is 10.2 Å². The van der Waals surface area contributed by atoms with Crippen LogP contribution in [-0.2, 0) is 0 Å².